The Hall–Kier alpha value is -2.90. The number of nitrogens with zero attached hydrogens (tertiary/aromatic N) is 2. The van der Waals surface area contributed by atoms with E-state index in [9.17, 15) is 19.2 Å². The van der Waals surface area contributed by atoms with E-state index in [1.807, 2.05) is 26.8 Å². The molecule has 1 N–H and O–H groups in total. The van der Waals surface area contributed by atoms with Crippen molar-refractivity contribution in [2.45, 2.75) is 58.1 Å². The normalized spacial score (nSPS) is 24.1. The standard InChI is InChI=1S/C23H31N3O5/c1-4-25(5-2)20(28)19(17-12-7-6-8-13-17)31-18(27)15-26-21(29)23(24-22(26)30)14-10-9-11-16(23)3/h6-8,12-13,16,19H,4-5,9-11,14-15H2,1-3H3,(H,24,30)/t16-,19-,23-/m0/s1. The minimum absolute atomic E-state index is 0.0000296. The predicted molar refractivity (Wildman–Crippen MR) is 114 cm³/mol. The van der Waals surface area contributed by atoms with E-state index in [2.05, 4.69) is 5.32 Å². The third-order valence-electron chi connectivity index (χ3n) is 6.44. The van der Waals surface area contributed by atoms with Crippen LogP contribution in [-0.4, -0.2) is 58.8 Å². The van der Waals surface area contributed by atoms with Crippen LogP contribution in [0.15, 0.2) is 30.3 Å². The second kappa shape index (κ2) is 9.49. The molecular formula is C23H31N3O5. The van der Waals surface area contributed by atoms with Gasteiger partial charge in [-0.3, -0.25) is 19.3 Å². The number of esters is 1. The van der Waals surface area contributed by atoms with Gasteiger partial charge in [0.2, 0.25) is 6.10 Å². The molecule has 0 bridgehead atoms. The summed E-state index contributed by atoms with van der Waals surface area (Å²) < 4.78 is 5.54. The molecule has 31 heavy (non-hydrogen) atoms. The van der Waals surface area contributed by atoms with Crippen molar-refractivity contribution in [3.63, 3.8) is 0 Å². The number of ether oxygens (including phenoxy) is 1. The summed E-state index contributed by atoms with van der Waals surface area (Å²) in [4.78, 5) is 53.9. The Bertz CT molecular complexity index is 839. The van der Waals surface area contributed by atoms with Crippen LogP contribution in [0.25, 0.3) is 0 Å². The van der Waals surface area contributed by atoms with Gasteiger partial charge in [0.1, 0.15) is 12.1 Å². The second-order valence-corrected chi connectivity index (χ2v) is 8.23. The van der Waals surface area contributed by atoms with Crippen molar-refractivity contribution in [1.82, 2.24) is 15.1 Å². The Balaban J connectivity index is 1.76. The molecule has 168 valence electrons. The maximum Gasteiger partial charge on any atom is 0.327 e. The second-order valence-electron chi connectivity index (χ2n) is 8.23. The van der Waals surface area contributed by atoms with Crippen molar-refractivity contribution in [3.05, 3.63) is 35.9 Å². The summed E-state index contributed by atoms with van der Waals surface area (Å²) in [5.41, 5.74) is -0.395. The molecule has 3 atom stereocenters. The first-order valence-electron chi connectivity index (χ1n) is 11.0. The lowest BCUT2D eigenvalue weighted by Gasteiger charge is -2.36. The molecule has 1 saturated carbocycles. The number of urea groups is 1. The quantitative estimate of drug-likeness (QED) is 0.531. The van der Waals surface area contributed by atoms with Gasteiger partial charge >= 0.3 is 12.0 Å². The number of amides is 4. The smallest absolute Gasteiger partial charge is 0.327 e. The number of carbonyl (C=O) groups is 4. The van der Waals surface area contributed by atoms with Gasteiger partial charge in [0.05, 0.1) is 0 Å². The monoisotopic (exact) mass is 429 g/mol. The number of nitrogens with one attached hydrogen (secondary N) is 1. The molecule has 3 rings (SSSR count). The van der Waals surface area contributed by atoms with E-state index < -0.39 is 30.2 Å². The molecule has 2 aliphatic rings. The average Bonchev–Trinajstić information content (AvgIpc) is 3.00. The van der Waals surface area contributed by atoms with E-state index in [1.54, 1.807) is 29.2 Å². The van der Waals surface area contributed by atoms with Gasteiger partial charge in [-0.2, -0.15) is 0 Å². The molecule has 1 heterocycles. The zero-order valence-electron chi connectivity index (χ0n) is 18.4. The van der Waals surface area contributed by atoms with Crippen molar-refractivity contribution >= 4 is 23.8 Å². The molecule has 1 aromatic rings. The SMILES string of the molecule is CCN(CC)C(=O)[C@@H](OC(=O)CN1C(=O)N[C@]2(CCCC[C@@H]2C)C1=O)c1ccccc1. The molecule has 1 aromatic carbocycles. The Morgan fingerprint density at radius 3 is 2.48 bits per heavy atom. The summed E-state index contributed by atoms with van der Waals surface area (Å²) in [5.74, 6) is -1.51. The first-order chi connectivity index (χ1) is 14.8. The number of likely N-dealkylation sites (N-methyl/N-ethyl adjacent to an activating group) is 1. The minimum Gasteiger partial charge on any atom is -0.446 e. The third kappa shape index (κ3) is 4.43. The van der Waals surface area contributed by atoms with E-state index in [0.29, 0.717) is 25.1 Å². The van der Waals surface area contributed by atoms with E-state index in [-0.39, 0.29) is 17.7 Å². The summed E-state index contributed by atoms with van der Waals surface area (Å²) in [6.45, 7) is 6.08. The van der Waals surface area contributed by atoms with Crippen LogP contribution in [0.1, 0.15) is 58.1 Å². The fourth-order valence-electron chi connectivity index (χ4n) is 4.53. The lowest BCUT2D eigenvalue weighted by Crippen LogP contribution is -2.54. The van der Waals surface area contributed by atoms with Gasteiger partial charge in [0.25, 0.3) is 11.8 Å². The van der Waals surface area contributed by atoms with Crippen LogP contribution in [0, 0.1) is 5.92 Å². The van der Waals surface area contributed by atoms with Crippen LogP contribution in [-0.2, 0) is 19.1 Å². The molecule has 0 radical (unpaired) electrons. The van der Waals surface area contributed by atoms with E-state index in [4.69, 9.17) is 4.74 Å². The molecule has 0 unspecified atom stereocenters. The van der Waals surface area contributed by atoms with Crippen LogP contribution in [0.5, 0.6) is 0 Å². The highest BCUT2D eigenvalue weighted by molar-refractivity contribution is 6.09. The van der Waals surface area contributed by atoms with E-state index in [0.717, 1.165) is 24.2 Å². The molecule has 1 saturated heterocycles. The molecule has 8 nitrogen and oxygen atoms in total. The third-order valence-corrected chi connectivity index (χ3v) is 6.44. The first-order valence-corrected chi connectivity index (χ1v) is 11.0. The highest BCUT2D eigenvalue weighted by Crippen LogP contribution is 2.38. The summed E-state index contributed by atoms with van der Waals surface area (Å²) in [5, 5.41) is 2.82. The topological polar surface area (TPSA) is 96.0 Å². The van der Waals surface area contributed by atoms with Crippen molar-refractivity contribution in [2.75, 3.05) is 19.6 Å². The van der Waals surface area contributed by atoms with Gasteiger partial charge in [-0.25, -0.2) is 4.79 Å². The largest absolute Gasteiger partial charge is 0.446 e. The number of hydrogen-bond donors (Lipinski definition) is 1. The van der Waals surface area contributed by atoms with Gasteiger partial charge in [0, 0.05) is 18.7 Å². The van der Waals surface area contributed by atoms with Gasteiger partial charge in [-0.05, 0) is 32.6 Å². The first kappa shape index (κ1) is 22.8. The molecule has 1 aliphatic carbocycles. The van der Waals surface area contributed by atoms with Crippen molar-refractivity contribution in [2.24, 2.45) is 5.92 Å². The summed E-state index contributed by atoms with van der Waals surface area (Å²) in [6, 6.07) is 8.18. The maximum absolute atomic E-state index is 13.1. The minimum atomic E-state index is -1.13. The number of imide groups is 1. The van der Waals surface area contributed by atoms with Gasteiger partial charge in [0.15, 0.2) is 0 Å². The number of hydrogen-bond acceptors (Lipinski definition) is 5. The summed E-state index contributed by atoms with van der Waals surface area (Å²) >= 11 is 0. The Labute approximate surface area is 182 Å². The number of carbonyl (C=O) groups excluding carboxylic acids is 4. The number of rotatable bonds is 7. The van der Waals surface area contributed by atoms with Crippen LogP contribution in [0.2, 0.25) is 0 Å². The van der Waals surface area contributed by atoms with Crippen molar-refractivity contribution in [3.8, 4) is 0 Å². The Morgan fingerprint density at radius 2 is 1.87 bits per heavy atom. The van der Waals surface area contributed by atoms with Crippen molar-refractivity contribution in [1.29, 1.82) is 0 Å². The molecule has 8 heteroatoms. The molecule has 1 aliphatic heterocycles. The fourth-order valence-corrected chi connectivity index (χ4v) is 4.53. The molecular weight excluding hydrogens is 398 g/mol. The van der Waals surface area contributed by atoms with Crippen LogP contribution >= 0.6 is 0 Å². The van der Waals surface area contributed by atoms with E-state index >= 15 is 0 Å². The van der Waals surface area contributed by atoms with Crippen LogP contribution in [0.4, 0.5) is 4.79 Å². The zero-order chi connectivity index (χ0) is 22.6. The molecule has 4 amide bonds. The summed E-state index contributed by atoms with van der Waals surface area (Å²) in [7, 11) is 0. The van der Waals surface area contributed by atoms with Crippen LogP contribution in [0.3, 0.4) is 0 Å². The predicted octanol–water partition coefficient (Wildman–Crippen LogP) is 2.64. The van der Waals surface area contributed by atoms with Gasteiger partial charge < -0.3 is 15.0 Å². The molecule has 1 spiro atoms. The number of benzene rings is 1. The maximum atomic E-state index is 13.1. The highest BCUT2D eigenvalue weighted by atomic mass is 16.5. The lowest BCUT2D eigenvalue weighted by atomic mass is 9.73. The average molecular weight is 430 g/mol. The van der Waals surface area contributed by atoms with Gasteiger partial charge in [-0.1, -0.05) is 50.1 Å². The lowest BCUT2D eigenvalue weighted by molar-refractivity contribution is -0.162. The zero-order valence-corrected chi connectivity index (χ0v) is 18.4. The van der Waals surface area contributed by atoms with Crippen LogP contribution < -0.4 is 5.32 Å². The fraction of sp³-hybridized carbons (Fsp3) is 0.565. The van der Waals surface area contributed by atoms with Gasteiger partial charge in [-0.15, -0.1) is 0 Å². The molecule has 0 aromatic heterocycles. The Kier molecular flexibility index (Phi) is 6.97. The highest BCUT2D eigenvalue weighted by Gasteiger charge is 2.55. The van der Waals surface area contributed by atoms with E-state index in [1.165, 1.54) is 0 Å². The molecule has 2 fully saturated rings. The summed E-state index contributed by atoms with van der Waals surface area (Å²) in [6.07, 6.45) is 2.15. The van der Waals surface area contributed by atoms with Crippen molar-refractivity contribution < 1.29 is 23.9 Å². The Morgan fingerprint density at radius 1 is 1.19 bits per heavy atom.